The fraction of sp³-hybridized carbons (Fsp3) is 0.375. The van der Waals surface area contributed by atoms with Gasteiger partial charge in [0.05, 0.1) is 0 Å². The Morgan fingerprint density at radius 2 is 2.12 bits per heavy atom. The average Bonchev–Trinajstić information content (AvgIpc) is 2.89. The molecule has 0 aromatic heterocycles. The van der Waals surface area contributed by atoms with Gasteiger partial charge in [-0.15, -0.1) is 0 Å². The van der Waals surface area contributed by atoms with E-state index in [2.05, 4.69) is 10.6 Å². The van der Waals surface area contributed by atoms with Gasteiger partial charge < -0.3 is 26.1 Å². The van der Waals surface area contributed by atoms with Crippen LogP contribution in [0.5, 0.6) is 0 Å². The zero-order valence-corrected chi connectivity index (χ0v) is 16.6. The molecule has 9 heteroatoms. The Hall–Kier alpha value is -2.21. The number of amides is 4. The number of nitrogens with zero attached hydrogens (tertiary/aromatic N) is 1. The molecule has 8 nitrogen and oxygen atoms in total. The standard InChI is InChI=1S/C16H20N4O4.W/c1-18-14(22)13(3-2-6-21)20-9-11-5-4-10(8-19-16(17)24)7-12(11)15(20)23;/h4-7,13H,2-3,8-9H2,1H3,(H4,17,18,19,22,24);/p-1. The number of nitrogens with one attached hydrogen (secondary N) is 3. The van der Waals surface area contributed by atoms with Gasteiger partial charge in [-0.2, -0.15) is 0 Å². The van der Waals surface area contributed by atoms with Crippen LogP contribution in [-0.4, -0.2) is 42.1 Å². The molecule has 4 amide bonds. The summed E-state index contributed by atoms with van der Waals surface area (Å²) in [6, 6.07) is 3.62. The molecule has 2 rings (SSSR count). The molecule has 0 fully saturated rings. The molecule has 1 aromatic carbocycles. The van der Waals surface area contributed by atoms with Crippen LogP contribution >= 0.6 is 0 Å². The van der Waals surface area contributed by atoms with Gasteiger partial charge in [0.1, 0.15) is 18.4 Å². The van der Waals surface area contributed by atoms with Crippen molar-refractivity contribution in [2.75, 3.05) is 7.05 Å². The summed E-state index contributed by atoms with van der Waals surface area (Å²) in [5, 5.41) is 4.88. The third-order valence-electron chi connectivity index (χ3n) is 3.94. The van der Waals surface area contributed by atoms with E-state index in [-0.39, 0.29) is 52.3 Å². The number of rotatable bonds is 7. The third kappa shape index (κ3) is 4.89. The van der Waals surface area contributed by atoms with Crippen LogP contribution in [-0.2, 0) is 43.7 Å². The van der Waals surface area contributed by atoms with E-state index in [4.69, 9.17) is 5.73 Å². The van der Waals surface area contributed by atoms with Crippen LogP contribution in [0.25, 0.3) is 5.73 Å². The van der Waals surface area contributed by atoms with Gasteiger partial charge in [0.15, 0.2) is 0 Å². The minimum Gasteiger partial charge on any atom is -0.447 e. The second-order valence-corrected chi connectivity index (χ2v) is 5.48. The van der Waals surface area contributed by atoms with Crippen molar-refractivity contribution in [2.45, 2.75) is 32.0 Å². The van der Waals surface area contributed by atoms with Crippen molar-refractivity contribution < 1.29 is 40.2 Å². The molecule has 1 aliphatic heterocycles. The zero-order valence-electron chi connectivity index (χ0n) is 13.7. The van der Waals surface area contributed by atoms with Gasteiger partial charge in [-0.3, -0.25) is 14.4 Å². The molecule has 0 saturated carbocycles. The first-order valence-corrected chi connectivity index (χ1v) is 7.55. The van der Waals surface area contributed by atoms with E-state index in [0.717, 1.165) is 11.8 Å². The third-order valence-corrected chi connectivity index (χ3v) is 3.94. The van der Waals surface area contributed by atoms with Crippen LogP contribution in [0.3, 0.4) is 0 Å². The van der Waals surface area contributed by atoms with Crippen molar-refractivity contribution in [3.05, 3.63) is 40.6 Å². The summed E-state index contributed by atoms with van der Waals surface area (Å²) in [5.41, 5.74) is 8.82. The summed E-state index contributed by atoms with van der Waals surface area (Å²) in [6.07, 6.45) is 1.19. The molecule has 1 aromatic rings. The summed E-state index contributed by atoms with van der Waals surface area (Å²) in [7, 11) is 1.49. The number of fused-ring (bicyclic) bond motifs is 1. The number of carbonyl (C=O) groups is 4. The van der Waals surface area contributed by atoms with Gasteiger partial charge in [-0.05, 0) is 30.2 Å². The van der Waals surface area contributed by atoms with Gasteiger partial charge in [-0.1, -0.05) is 12.1 Å². The molecule has 0 spiro atoms. The van der Waals surface area contributed by atoms with Crippen LogP contribution in [0.4, 0.5) is 4.79 Å². The predicted molar refractivity (Wildman–Crippen MR) is 86.0 cm³/mol. The first kappa shape index (κ1) is 20.8. The molecule has 0 aliphatic carbocycles. The Bertz CT molecular complexity index is 680. The van der Waals surface area contributed by atoms with Gasteiger partial charge in [0.25, 0.3) is 5.91 Å². The summed E-state index contributed by atoms with van der Waals surface area (Å²) in [4.78, 5) is 47.5. The molecule has 0 saturated heterocycles. The van der Waals surface area contributed by atoms with Gasteiger partial charge in [-0.25, -0.2) is 0 Å². The molecular weight excluding hydrogens is 496 g/mol. The van der Waals surface area contributed by atoms with Gasteiger partial charge in [0.2, 0.25) is 5.91 Å². The Balaban J connectivity index is 0.00000312. The van der Waals surface area contributed by atoms with Crippen molar-refractivity contribution in [3.8, 4) is 0 Å². The fourth-order valence-electron chi connectivity index (χ4n) is 2.74. The molecule has 25 heavy (non-hydrogen) atoms. The second-order valence-electron chi connectivity index (χ2n) is 5.48. The maximum atomic E-state index is 12.6. The quantitative estimate of drug-likeness (QED) is 0.527. The van der Waals surface area contributed by atoms with Crippen molar-refractivity contribution in [2.24, 2.45) is 0 Å². The Morgan fingerprint density at radius 3 is 2.72 bits per heavy atom. The Kier molecular flexibility index (Phi) is 7.76. The molecule has 1 heterocycles. The molecule has 0 bridgehead atoms. The van der Waals surface area contributed by atoms with E-state index in [1.807, 2.05) is 0 Å². The van der Waals surface area contributed by atoms with E-state index in [1.165, 1.54) is 11.9 Å². The first-order chi connectivity index (χ1) is 11.5. The number of hydrogen-bond acceptors (Lipinski definition) is 4. The largest absolute Gasteiger partial charge is 0.447 e. The number of likely N-dealkylation sites (N-methyl/N-ethyl adjacent to an activating group) is 1. The number of hydrogen-bond donors (Lipinski definition) is 2. The number of aldehydes is 1. The average molecular weight is 515 g/mol. The van der Waals surface area contributed by atoms with Crippen molar-refractivity contribution in [3.63, 3.8) is 0 Å². The monoisotopic (exact) mass is 515 g/mol. The summed E-state index contributed by atoms with van der Waals surface area (Å²) < 4.78 is 0. The second kappa shape index (κ2) is 9.32. The summed E-state index contributed by atoms with van der Waals surface area (Å²) in [5.74, 6) is -0.580. The molecule has 1 unspecified atom stereocenters. The summed E-state index contributed by atoms with van der Waals surface area (Å²) in [6.45, 7) is 0.461. The normalized spacial score (nSPS) is 13.5. The SMILES string of the molecule is CNC(=O)C(CCC=O)N1Cc2ccc(CNC([NH-])=O)cc2C1=O.[W]. The summed E-state index contributed by atoms with van der Waals surface area (Å²) >= 11 is 0. The number of urea groups is 1. The van der Waals surface area contributed by atoms with Crippen LogP contribution in [0, 0.1) is 0 Å². The number of benzene rings is 1. The first-order valence-electron chi connectivity index (χ1n) is 7.55. The maximum absolute atomic E-state index is 12.6. The van der Waals surface area contributed by atoms with Crippen molar-refractivity contribution in [1.82, 2.24) is 15.5 Å². The van der Waals surface area contributed by atoms with Crippen LogP contribution in [0.15, 0.2) is 18.2 Å². The van der Waals surface area contributed by atoms with E-state index >= 15 is 0 Å². The minimum atomic E-state index is -0.892. The van der Waals surface area contributed by atoms with Crippen LogP contribution in [0.2, 0.25) is 0 Å². The Labute approximate surface area is 159 Å². The van der Waals surface area contributed by atoms with Crippen LogP contribution in [0.1, 0.15) is 34.3 Å². The predicted octanol–water partition coefficient (Wildman–Crippen LogP) is 0.995. The fourth-order valence-corrected chi connectivity index (χ4v) is 2.74. The molecule has 134 valence electrons. The van der Waals surface area contributed by atoms with Crippen molar-refractivity contribution >= 4 is 24.1 Å². The van der Waals surface area contributed by atoms with E-state index in [9.17, 15) is 19.2 Å². The van der Waals surface area contributed by atoms with Crippen molar-refractivity contribution in [1.29, 1.82) is 0 Å². The topological polar surface area (TPSA) is 119 Å². The molecule has 1 aliphatic rings. The number of carbonyl (C=O) groups excluding carboxylic acids is 4. The minimum absolute atomic E-state index is 0. The van der Waals surface area contributed by atoms with E-state index in [1.54, 1.807) is 18.2 Å². The smallest absolute Gasteiger partial charge is 0.255 e. The molecular formula is C16H19N4O4W-. The molecule has 0 radical (unpaired) electrons. The molecule has 3 N–H and O–H groups in total. The van der Waals surface area contributed by atoms with Gasteiger partial charge >= 0.3 is 0 Å². The maximum Gasteiger partial charge on any atom is 0.255 e. The molecule has 1 atom stereocenters. The van der Waals surface area contributed by atoms with E-state index < -0.39 is 12.1 Å². The van der Waals surface area contributed by atoms with E-state index in [0.29, 0.717) is 17.7 Å². The zero-order chi connectivity index (χ0) is 17.7. The Morgan fingerprint density at radius 1 is 1.40 bits per heavy atom. The van der Waals surface area contributed by atoms with Crippen LogP contribution < -0.4 is 10.6 Å². The van der Waals surface area contributed by atoms with Gasteiger partial charge in [0, 0.05) is 46.6 Å².